The summed E-state index contributed by atoms with van der Waals surface area (Å²) in [6.45, 7) is 0. The van der Waals surface area contributed by atoms with Crippen LogP contribution in [0.4, 0.5) is 0 Å². The Hall–Kier alpha value is -1.000. The first-order chi connectivity index (χ1) is 9.66. The summed E-state index contributed by atoms with van der Waals surface area (Å²) in [6.07, 6.45) is 3.00. The van der Waals surface area contributed by atoms with Crippen molar-refractivity contribution in [3.8, 4) is 0 Å². The molecule has 0 saturated carbocycles. The Morgan fingerprint density at radius 3 is 2.80 bits per heavy atom. The van der Waals surface area contributed by atoms with Crippen LogP contribution in [-0.2, 0) is 6.42 Å². The van der Waals surface area contributed by atoms with Crippen LogP contribution in [0.5, 0.6) is 0 Å². The molecular weight excluding hydrogens is 311 g/mol. The molecule has 2 heterocycles. The van der Waals surface area contributed by atoms with Gasteiger partial charge in [0.1, 0.15) is 4.34 Å². The average Bonchev–Trinajstić information content (AvgIpc) is 3.07. The van der Waals surface area contributed by atoms with Gasteiger partial charge in [0.25, 0.3) is 0 Å². The van der Waals surface area contributed by atoms with Crippen molar-refractivity contribution in [1.82, 2.24) is 4.57 Å². The molecule has 1 aliphatic rings. The minimum Gasteiger partial charge on any atom is -0.340 e. The summed E-state index contributed by atoms with van der Waals surface area (Å²) < 4.78 is 3.95. The molecule has 0 unspecified atom stereocenters. The molecule has 2 aromatic heterocycles. The first-order valence-electron chi connectivity index (χ1n) is 6.44. The second-order valence-corrected chi connectivity index (χ2v) is 7.15. The number of halogens is 2. The Morgan fingerprint density at radius 2 is 2.00 bits per heavy atom. The Labute approximate surface area is 130 Å². The highest BCUT2D eigenvalue weighted by atomic mass is 35.5. The van der Waals surface area contributed by atoms with Gasteiger partial charge < -0.3 is 10.3 Å². The molecule has 20 heavy (non-hydrogen) atoms. The zero-order valence-electron chi connectivity index (χ0n) is 10.5. The predicted molar refractivity (Wildman–Crippen MR) is 85.9 cm³/mol. The molecule has 2 nitrogen and oxygen atoms in total. The molecule has 0 saturated heterocycles. The average molecular weight is 323 g/mol. The molecule has 2 atom stereocenters. The van der Waals surface area contributed by atoms with Crippen molar-refractivity contribution in [2.75, 3.05) is 0 Å². The third-order valence-electron chi connectivity index (χ3n) is 4.07. The van der Waals surface area contributed by atoms with Crippen LogP contribution in [0.25, 0.3) is 10.2 Å². The van der Waals surface area contributed by atoms with Gasteiger partial charge in [-0.3, -0.25) is 0 Å². The normalized spacial score (nSPS) is 21.6. The molecule has 4 rings (SSSR count). The number of benzene rings is 1. The molecule has 0 radical (unpaired) electrons. The minimum atomic E-state index is -0.00320. The van der Waals surface area contributed by atoms with Gasteiger partial charge in [0.2, 0.25) is 0 Å². The van der Waals surface area contributed by atoms with Gasteiger partial charge in [-0.25, -0.2) is 0 Å². The largest absolute Gasteiger partial charge is 0.340 e. The van der Waals surface area contributed by atoms with E-state index in [1.807, 2.05) is 6.07 Å². The van der Waals surface area contributed by atoms with Crippen LogP contribution in [0.1, 0.15) is 23.2 Å². The molecule has 1 aromatic carbocycles. The number of fused-ring (bicyclic) bond motifs is 2. The van der Waals surface area contributed by atoms with Gasteiger partial charge in [0.15, 0.2) is 0 Å². The number of hydrogen-bond acceptors (Lipinski definition) is 2. The van der Waals surface area contributed by atoms with E-state index in [9.17, 15) is 0 Å². The Morgan fingerprint density at radius 1 is 1.20 bits per heavy atom. The minimum absolute atomic E-state index is 0.00320. The van der Waals surface area contributed by atoms with Crippen molar-refractivity contribution in [2.45, 2.75) is 18.5 Å². The van der Waals surface area contributed by atoms with Crippen molar-refractivity contribution in [1.29, 1.82) is 0 Å². The zero-order chi connectivity index (χ0) is 13.9. The van der Waals surface area contributed by atoms with Crippen LogP contribution in [0.2, 0.25) is 9.36 Å². The second-order valence-electron chi connectivity index (χ2n) is 5.12. The molecular formula is C15H12Cl2N2S. The Bertz CT molecular complexity index is 805. The zero-order valence-corrected chi connectivity index (χ0v) is 12.8. The molecule has 3 aromatic rings. The number of rotatable bonds is 1. The highest BCUT2D eigenvalue weighted by Crippen LogP contribution is 2.44. The Balaban J connectivity index is 1.86. The summed E-state index contributed by atoms with van der Waals surface area (Å²) in [7, 11) is 0. The highest BCUT2D eigenvalue weighted by molar-refractivity contribution is 7.23. The fraction of sp³-hybridized carbons (Fsp3) is 0.200. The molecule has 5 heteroatoms. The fourth-order valence-corrected chi connectivity index (χ4v) is 4.64. The fourth-order valence-electron chi connectivity index (χ4n) is 3.12. The van der Waals surface area contributed by atoms with Gasteiger partial charge in [0.05, 0.1) is 27.3 Å². The quantitative estimate of drug-likeness (QED) is 0.685. The van der Waals surface area contributed by atoms with E-state index in [1.54, 1.807) is 0 Å². The lowest BCUT2D eigenvalue weighted by Gasteiger charge is -2.19. The summed E-state index contributed by atoms with van der Waals surface area (Å²) in [5.74, 6) is 0. The molecule has 0 bridgehead atoms. The summed E-state index contributed by atoms with van der Waals surface area (Å²) >= 11 is 14.0. The first kappa shape index (κ1) is 12.7. The topological polar surface area (TPSA) is 30.9 Å². The molecule has 102 valence electrons. The second kappa shape index (κ2) is 4.50. The third kappa shape index (κ3) is 1.67. The number of hydrogen-bond donors (Lipinski definition) is 1. The molecule has 0 spiro atoms. The number of nitrogens with two attached hydrogens (primary N) is 1. The molecule has 0 aliphatic heterocycles. The van der Waals surface area contributed by atoms with Crippen molar-refractivity contribution >= 4 is 44.8 Å². The summed E-state index contributed by atoms with van der Waals surface area (Å²) in [4.78, 5) is 0. The molecule has 2 N–H and O–H groups in total. The van der Waals surface area contributed by atoms with Crippen molar-refractivity contribution in [3.05, 3.63) is 57.0 Å². The van der Waals surface area contributed by atoms with E-state index in [1.165, 1.54) is 22.5 Å². The maximum atomic E-state index is 6.44. The van der Waals surface area contributed by atoms with Gasteiger partial charge in [-0.2, -0.15) is 0 Å². The van der Waals surface area contributed by atoms with Crippen LogP contribution in [0.3, 0.4) is 0 Å². The van der Waals surface area contributed by atoms with Gasteiger partial charge in [-0.05, 0) is 23.6 Å². The summed E-state index contributed by atoms with van der Waals surface area (Å²) in [5.41, 5.74) is 10.0. The smallest absolute Gasteiger partial charge is 0.114 e. The number of thiophene rings is 1. The monoisotopic (exact) mass is 322 g/mol. The lowest BCUT2D eigenvalue weighted by molar-refractivity contribution is 0.463. The van der Waals surface area contributed by atoms with Gasteiger partial charge >= 0.3 is 0 Å². The maximum Gasteiger partial charge on any atom is 0.114 e. The lowest BCUT2D eigenvalue weighted by atomic mass is 10.1. The van der Waals surface area contributed by atoms with Crippen LogP contribution in [-0.4, -0.2) is 4.57 Å². The van der Waals surface area contributed by atoms with Crippen LogP contribution in [0, 0.1) is 0 Å². The van der Waals surface area contributed by atoms with Gasteiger partial charge in [-0.1, -0.05) is 47.5 Å². The van der Waals surface area contributed by atoms with E-state index in [0.717, 1.165) is 16.6 Å². The van der Waals surface area contributed by atoms with Gasteiger partial charge in [-0.15, -0.1) is 11.3 Å². The van der Waals surface area contributed by atoms with Crippen LogP contribution >= 0.6 is 34.5 Å². The Kier molecular flexibility index (Phi) is 2.86. The number of aromatic nitrogens is 1. The maximum absolute atomic E-state index is 6.44. The lowest BCUT2D eigenvalue weighted by Crippen LogP contribution is -2.20. The van der Waals surface area contributed by atoms with E-state index in [4.69, 9.17) is 28.9 Å². The van der Waals surface area contributed by atoms with Crippen LogP contribution in [0.15, 0.2) is 36.5 Å². The van der Waals surface area contributed by atoms with E-state index in [-0.39, 0.29) is 12.1 Å². The third-order valence-corrected chi connectivity index (χ3v) is 6.00. The molecule has 0 amide bonds. The standard InChI is InChI=1S/C15H12Cl2N2S/c16-12-14-11(20-15(12)17)5-6-19(14)10-7-8-3-1-2-4-9(8)13(10)18/h1-6,10,13H,7,18H2/t10-,13-/m1/s1. The number of nitrogens with zero attached hydrogens (tertiary/aromatic N) is 1. The van der Waals surface area contributed by atoms with Gasteiger partial charge in [0, 0.05) is 6.20 Å². The van der Waals surface area contributed by atoms with Crippen molar-refractivity contribution in [3.63, 3.8) is 0 Å². The summed E-state index contributed by atoms with van der Waals surface area (Å²) in [5, 5.41) is 0.639. The van der Waals surface area contributed by atoms with E-state index >= 15 is 0 Å². The highest BCUT2D eigenvalue weighted by Gasteiger charge is 2.32. The summed E-state index contributed by atoms with van der Waals surface area (Å²) in [6, 6.07) is 10.6. The van der Waals surface area contributed by atoms with Crippen molar-refractivity contribution in [2.24, 2.45) is 5.73 Å². The molecule has 0 fully saturated rings. The predicted octanol–water partition coefficient (Wildman–Crippen LogP) is 4.81. The van der Waals surface area contributed by atoms with E-state index in [2.05, 4.69) is 35.0 Å². The SMILES string of the molecule is N[C@@H]1c2ccccc2C[C@H]1n1ccc2sc(Cl)c(Cl)c21. The van der Waals surface area contributed by atoms with Crippen LogP contribution < -0.4 is 5.73 Å². The van der Waals surface area contributed by atoms with E-state index < -0.39 is 0 Å². The first-order valence-corrected chi connectivity index (χ1v) is 8.02. The molecule has 1 aliphatic carbocycles. The van der Waals surface area contributed by atoms with Crippen molar-refractivity contribution < 1.29 is 0 Å². The van der Waals surface area contributed by atoms with E-state index in [0.29, 0.717) is 9.36 Å².